The lowest BCUT2D eigenvalue weighted by molar-refractivity contribution is -0.154. The van der Waals surface area contributed by atoms with Gasteiger partial charge in [0.1, 0.15) is 11.8 Å². The van der Waals surface area contributed by atoms with Crippen molar-refractivity contribution in [3.63, 3.8) is 0 Å². The van der Waals surface area contributed by atoms with Gasteiger partial charge >= 0.3 is 0 Å². The van der Waals surface area contributed by atoms with E-state index in [2.05, 4.69) is 26.1 Å². The molecule has 4 rings (SSSR count). The molecule has 1 N–H and O–H groups in total. The summed E-state index contributed by atoms with van der Waals surface area (Å²) in [6.45, 7) is 10.4. The normalized spacial score (nSPS) is 16.5. The van der Waals surface area contributed by atoms with Crippen LogP contribution in [0.4, 0.5) is 5.69 Å². The number of anilines is 1. The lowest BCUT2D eigenvalue weighted by Crippen LogP contribution is -2.51. The highest BCUT2D eigenvalue weighted by Crippen LogP contribution is 2.42. The van der Waals surface area contributed by atoms with Gasteiger partial charge in [-0.25, -0.2) is 0 Å². The van der Waals surface area contributed by atoms with Crippen LogP contribution in [0.25, 0.3) is 0 Å². The molecule has 3 aromatic carbocycles. The highest BCUT2D eigenvalue weighted by molar-refractivity contribution is 6.30. The molecule has 1 saturated heterocycles. The first-order valence-electron chi connectivity index (χ1n) is 12.3. The molecule has 0 aromatic heterocycles. The van der Waals surface area contributed by atoms with Crippen LogP contribution in [0.3, 0.4) is 0 Å². The van der Waals surface area contributed by atoms with Gasteiger partial charge in [-0.1, -0.05) is 68.8 Å². The van der Waals surface area contributed by atoms with Crippen molar-refractivity contribution < 1.29 is 14.3 Å². The quantitative estimate of drug-likeness (QED) is 0.350. The SMILES string of the molecule is CC(C)Oc1ccc(C2CC(=O)N2C(C(=O)Nc2ccc(C(C)(C)C)cc2)c2ccc(Cl)cc2)cc1. The van der Waals surface area contributed by atoms with Gasteiger partial charge in [0.15, 0.2) is 0 Å². The van der Waals surface area contributed by atoms with Gasteiger partial charge in [0.2, 0.25) is 5.91 Å². The summed E-state index contributed by atoms with van der Waals surface area (Å²) in [5.41, 5.74) is 3.55. The standard InChI is InChI=1S/C30H33ClN2O3/c1-19(2)36-25-16-8-20(9-17-25)26-18-27(34)33(26)28(21-6-12-23(31)13-7-21)29(35)32-24-14-10-22(11-15-24)30(3,4)5/h6-17,19,26,28H,18H2,1-5H3,(H,32,35). The summed E-state index contributed by atoms with van der Waals surface area (Å²) in [7, 11) is 0. The van der Waals surface area contributed by atoms with Crippen molar-refractivity contribution in [2.75, 3.05) is 5.32 Å². The zero-order valence-electron chi connectivity index (χ0n) is 21.4. The van der Waals surface area contributed by atoms with E-state index in [1.54, 1.807) is 29.2 Å². The highest BCUT2D eigenvalue weighted by atomic mass is 35.5. The number of benzene rings is 3. The molecule has 5 nitrogen and oxygen atoms in total. The Morgan fingerprint density at radius 2 is 1.58 bits per heavy atom. The van der Waals surface area contributed by atoms with Gasteiger partial charge < -0.3 is 15.0 Å². The van der Waals surface area contributed by atoms with E-state index in [0.29, 0.717) is 22.7 Å². The van der Waals surface area contributed by atoms with E-state index < -0.39 is 6.04 Å². The van der Waals surface area contributed by atoms with Crippen LogP contribution in [0.1, 0.15) is 69.8 Å². The average Bonchev–Trinajstić information content (AvgIpc) is 2.81. The predicted molar refractivity (Wildman–Crippen MR) is 144 cm³/mol. The zero-order valence-corrected chi connectivity index (χ0v) is 22.2. The van der Waals surface area contributed by atoms with Crippen molar-refractivity contribution in [2.45, 2.75) is 64.6 Å². The van der Waals surface area contributed by atoms with E-state index in [9.17, 15) is 9.59 Å². The summed E-state index contributed by atoms with van der Waals surface area (Å²) in [5, 5.41) is 3.59. The fraction of sp³-hybridized carbons (Fsp3) is 0.333. The number of β-lactam (4-membered cyclic amide) rings is 1. The van der Waals surface area contributed by atoms with Crippen molar-refractivity contribution in [2.24, 2.45) is 0 Å². The number of likely N-dealkylation sites (tertiary alicyclic amines) is 1. The summed E-state index contributed by atoms with van der Waals surface area (Å²) in [4.78, 5) is 28.2. The Morgan fingerprint density at radius 1 is 0.972 bits per heavy atom. The third kappa shape index (κ3) is 5.73. The number of rotatable bonds is 7. The van der Waals surface area contributed by atoms with E-state index in [1.165, 1.54) is 5.56 Å². The summed E-state index contributed by atoms with van der Waals surface area (Å²) >= 11 is 6.12. The molecule has 2 amide bonds. The molecule has 0 aliphatic carbocycles. The van der Waals surface area contributed by atoms with Crippen molar-refractivity contribution in [1.82, 2.24) is 4.90 Å². The summed E-state index contributed by atoms with van der Waals surface area (Å²) in [6.07, 6.45) is 0.426. The molecule has 6 heteroatoms. The molecule has 188 valence electrons. The average molecular weight is 505 g/mol. The van der Waals surface area contributed by atoms with Gasteiger partial charge in [0.25, 0.3) is 5.91 Å². The molecular weight excluding hydrogens is 472 g/mol. The Hall–Kier alpha value is -3.31. The van der Waals surface area contributed by atoms with Crippen LogP contribution in [0.2, 0.25) is 5.02 Å². The van der Waals surface area contributed by atoms with E-state index in [-0.39, 0.29) is 29.4 Å². The van der Waals surface area contributed by atoms with Crippen LogP contribution >= 0.6 is 11.6 Å². The number of hydrogen-bond acceptors (Lipinski definition) is 3. The van der Waals surface area contributed by atoms with Gasteiger partial charge in [0.05, 0.1) is 18.6 Å². The number of ether oxygens (including phenoxy) is 1. The largest absolute Gasteiger partial charge is 0.491 e. The lowest BCUT2D eigenvalue weighted by Gasteiger charge is -2.45. The maximum atomic E-state index is 13.7. The topological polar surface area (TPSA) is 58.6 Å². The molecular formula is C30H33ClN2O3. The number of halogens is 1. The second-order valence-electron chi connectivity index (χ2n) is 10.5. The number of hydrogen-bond donors (Lipinski definition) is 1. The Labute approximate surface area is 218 Å². The fourth-order valence-corrected chi connectivity index (χ4v) is 4.55. The summed E-state index contributed by atoms with van der Waals surface area (Å²) in [5.74, 6) is 0.441. The van der Waals surface area contributed by atoms with E-state index in [1.807, 2.05) is 62.4 Å². The molecule has 0 spiro atoms. The van der Waals surface area contributed by atoms with E-state index in [0.717, 1.165) is 11.3 Å². The van der Waals surface area contributed by atoms with Crippen molar-refractivity contribution in [3.8, 4) is 5.75 Å². The second-order valence-corrected chi connectivity index (χ2v) is 11.0. The molecule has 0 saturated carbocycles. The fourth-order valence-electron chi connectivity index (χ4n) is 4.42. The molecule has 1 aliphatic rings. The molecule has 0 bridgehead atoms. The van der Waals surface area contributed by atoms with Crippen molar-refractivity contribution in [3.05, 3.63) is 94.5 Å². The Balaban J connectivity index is 1.62. The number of carbonyl (C=O) groups excluding carboxylic acids is 2. The monoisotopic (exact) mass is 504 g/mol. The minimum absolute atomic E-state index is 0.0153. The molecule has 2 unspecified atom stereocenters. The lowest BCUT2D eigenvalue weighted by atomic mass is 9.87. The Morgan fingerprint density at radius 3 is 2.11 bits per heavy atom. The van der Waals surface area contributed by atoms with Crippen LogP contribution in [0.5, 0.6) is 5.75 Å². The smallest absolute Gasteiger partial charge is 0.251 e. The Kier molecular flexibility index (Phi) is 7.41. The van der Waals surface area contributed by atoms with Gasteiger partial charge in [0, 0.05) is 10.7 Å². The Bertz CT molecular complexity index is 1210. The number of nitrogens with zero attached hydrogens (tertiary/aromatic N) is 1. The highest BCUT2D eigenvalue weighted by Gasteiger charge is 2.45. The van der Waals surface area contributed by atoms with Crippen LogP contribution in [0, 0.1) is 0 Å². The van der Waals surface area contributed by atoms with Crippen molar-refractivity contribution in [1.29, 1.82) is 0 Å². The third-order valence-electron chi connectivity index (χ3n) is 6.36. The van der Waals surface area contributed by atoms with Gasteiger partial charge in [-0.2, -0.15) is 0 Å². The zero-order chi connectivity index (χ0) is 26.0. The second kappa shape index (κ2) is 10.4. The first-order chi connectivity index (χ1) is 17.0. The summed E-state index contributed by atoms with van der Waals surface area (Å²) in [6, 6.07) is 21.7. The molecule has 36 heavy (non-hydrogen) atoms. The maximum Gasteiger partial charge on any atom is 0.251 e. The molecule has 1 heterocycles. The molecule has 3 aromatic rings. The third-order valence-corrected chi connectivity index (χ3v) is 6.61. The van der Waals surface area contributed by atoms with Gasteiger partial charge in [-0.3, -0.25) is 9.59 Å². The molecule has 1 aliphatic heterocycles. The number of nitrogens with one attached hydrogen (secondary N) is 1. The molecule has 1 fully saturated rings. The molecule has 0 radical (unpaired) electrons. The van der Waals surface area contributed by atoms with E-state index in [4.69, 9.17) is 16.3 Å². The first-order valence-corrected chi connectivity index (χ1v) is 12.7. The maximum absolute atomic E-state index is 13.7. The number of carbonyl (C=O) groups is 2. The van der Waals surface area contributed by atoms with Crippen LogP contribution in [-0.4, -0.2) is 22.8 Å². The number of amides is 2. The minimum atomic E-state index is -0.789. The minimum Gasteiger partial charge on any atom is -0.491 e. The van der Waals surface area contributed by atoms with Crippen LogP contribution in [0.15, 0.2) is 72.8 Å². The van der Waals surface area contributed by atoms with Crippen LogP contribution < -0.4 is 10.1 Å². The predicted octanol–water partition coefficient (Wildman–Crippen LogP) is 7.08. The van der Waals surface area contributed by atoms with Gasteiger partial charge in [-0.15, -0.1) is 0 Å². The van der Waals surface area contributed by atoms with Crippen molar-refractivity contribution >= 4 is 29.1 Å². The molecule has 2 atom stereocenters. The first kappa shape index (κ1) is 25.8. The van der Waals surface area contributed by atoms with Crippen LogP contribution in [-0.2, 0) is 15.0 Å². The summed E-state index contributed by atoms with van der Waals surface area (Å²) < 4.78 is 5.75. The van der Waals surface area contributed by atoms with Gasteiger partial charge in [-0.05, 0) is 72.4 Å². The van der Waals surface area contributed by atoms with E-state index >= 15 is 0 Å².